The Morgan fingerprint density at radius 2 is 2.00 bits per heavy atom. The smallest absolute Gasteiger partial charge is 0.407 e. The topological polar surface area (TPSA) is 66.2 Å². The van der Waals surface area contributed by atoms with Gasteiger partial charge in [-0.05, 0) is 52.2 Å². The Labute approximate surface area is 134 Å². The van der Waals surface area contributed by atoms with Gasteiger partial charge in [0.05, 0.1) is 0 Å². The Balaban J connectivity index is 2.56. The molecule has 3 N–H and O–H groups in total. The fraction of sp³-hybridized carbons (Fsp3) is 0.706. The van der Waals surface area contributed by atoms with Crippen molar-refractivity contribution in [2.75, 3.05) is 6.54 Å². The Bertz CT molecular complexity index is 449. The minimum atomic E-state index is -0.476. The highest BCUT2D eigenvalue weighted by molar-refractivity contribution is 5.67. The molecular formula is C17H31N3O2. The van der Waals surface area contributed by atoms with Crippen molar-refractivity contribution in [2.24, 2.45) is 5.92 Å². The third-order valence-electron chi connectivity index (χ3n) is 3.25. The SMILES string of the molecule is CC(C)CC(C)(CNC(=O)OC(C)(C)C)NCc1ccc[nH]1. The predicted molar refractivity (Wildman–Crippen MR) is 89.7 cm³/mol. The van der Waals surface area contributed by atoms with Crippen LogP contribution in [0.25, 0.3) is 0 Å². The van der Waals surface area contributed by atoms with E-state index in [4.69, 9.17) is 4.74 Å². The molecule has 0 spiro atoms. The molecule has 1 unspecified atom stereocenters. The van der Waals surface area contributed by atoms with E-state index in [1.54, 1.807) is 0 Å². The molecule has 0 saturated heterocycles. The summed E-state index contributed by atoms with van der Waals surface area (Å²) in [7, 11) is 0. The van der Waals surface area contributed by atoms with Crippen molar-refractivity contribution in [2.45, 2.75) is 65.6 Å². The molecule has 5 heteroatoms. The van der Waals surface area contributed by atoms with Gasteiger partial charge in [0, 0.05) is 30.5 Å². The molecule has 1 aromatic rings. The van der Waals surface area contributed by atoms with E-state index in [1.807, 2.05) is 39.1 Å². The summed E-state index contributed by atoms with van der Waals surface area (Å²) in [6.07, 6.45) is 2.50. The van der Waals surface area contributed by atoms with Crippen LogP contribution in [0.3, 0.4) is 0 Å². The average Bonchev–Trinajstić information content (AvgIpc) is 2.84. The maximum atomic E-state index is 11.9. The second-order valence-corrected chi connectivity index (χ2v) is 7.56. The van der Waals surface area contributed by atoms with Crippen molar-refractivity contribution >= 4 is 6.09 Å². The van der Waals surface area contributed by atoms with E-state index < -0.39 is 5.60 Å². The molecule has 0 aliphatic carbocycles. The number of aromatic nitrogens is 1. The summed E-state index contributed by atoms with van der Waals surface area (Å²) >= 11 is 0. The normalized spacial score (nSPS) is 14.7. The molecule has 0 bridgehead atoms. The fourth-order valence-electron chi connectivity index (χ4n) is 2.48. The summed E-state index contributed by atoms with van der Waals surface area (Å²) in [6, 6.07) is 4.03. The number of carbonyl (C=O) groups excluding carboxylic acids is 1. The van der Waals surface area contributed by atoms with Crippen molar-refractivity contribution in [3.63, 3.8) is 0 Å². The molecule has 1 amide bonds. The molecule has 126 valence electrons. The molecule has 1 rings (SSSR count). The average molecular weight is 309 g/mol. The Morgan fingerprint density at radius 1 is 1.32 bits per heavy atom. The third kappa shape index (κ3) is 7.50. The number of aromatic amines is 1. The molecule has 0 aliphatic rings. The Kier molecular flexibility index (Phi) is 6.48. The number of ether oxygens (including phenoxy) is 1. The van der Waals surface area contributed by atoms with Gasteiger partial charge in [0.2, 0.25) is 0 Å². The van der Waals surface area contributed by atoms with E-state index in [2.05, 4.69) is 36.4 Å². The second kappa shape index (κ2) is 7.68. The molecule has 1 heterocycles. The van der Waals surface area contributed by atoms with Crippen LogP contribution < -0.4 is 10.6 Å². The van der Waals surface area contributed by atoms with Crippen molar-refractivity contribution in [1.29, 1.82) is 0 Å². The van der Waals surface area contributed by atoms with Crippen LogP contribution in [0, 0.1) is 5.92 Å². The lowest BCUT2D eigenvalue weighted by Crippen LogP contribution is -2.52. The predicted octanol–water partition coefficient (Wildman–Crippen LogP) is 3.43. The molecule has 0 aromatic carbocycles. The number of nitrogens with one attached hydrogen (secondary N) is 3. The zero-order chi connectivity index (χ0) is 16.8. The zero-order valence-corrected chi connectivity index (χ0v) is 14.7. The minimum absolute atomic E-state index is 0.184. The maximum Gasteiger partial charge on any atom is 0.407 e. The van der Waals surface area contributed by atoms with Crippen molar-refractivity contribution in [3.05, 3.63) is 24.0 Å². The number of amides is 1. The highest BCUT2D eigenvalue weighted by Gasteiger charge is 2.27. The molecule has 1 aromatic heterocycles. The molecule has 0 fully saturated rings. The Hall–Kier alpha value is -1.49. The number of rotatable bonds is 7. The summed E-state index contributed by atoms with van der Waals surface area (Å²) in [5, 5.41) is 6.43. The van der Waals surface area contributed by atoms with E-state index >= 15 is 0 Å². The maximum absolute atomic E-state index is 11.9. The van der Waals surface area contributed by atoms with Crippen LogP contribution in [0.2, 0.25) is 0 Å². The molecular weight excluding hydrogens is 278 g/mol. The number of hydrogen-bond donors (Lipinski definition) is 3. The molecule has 0 saturated carbocycles. The quantitative estimate of drug-likeness (QED) is 0.723. The van der Waals surface area contributed by atoms with Gasteiger partial charge in [-0.15, -0.1) is 0 Å². The van der Waals surface area contributed by atoms with Crippen molar-refractivity contribution < 1.29 is 9.53 Å². The van der Waals surface area contributed by atoms with Gasteiger partial charge in [-0.2, -0.15) is 0 Å². The molecule has 5 nitrogen and oxygen atoms in total. The number of H-pyrrole nitrogens is 1. The minimum Gasteiger partial charge on any atom is -0.444 e. The monoisotopic (exact) mass is 309 g/mol. The van der Waals surface area contributed by atoms with E-state index in [1.165, 1.54) is 0 Å². The van der Waals surface area contributed by atoms with Gasteiger partial charge in [-0.1, -0.05) is 13.8 Å². The van der Waals surface area contributed by atoms with Gasteiger partial charge in [0.15, 0.2) is 0 Å². The van der Waals surface area contributed by atoms with Crippen molar-refractivity contribution in [1.82, 2.24) is 15.6 Å². The van der Waals surface area contributed by atoms with Gasteiger partial charge in [0.1, 0.15) is 5.60 Å². The Morgan fingerprint density at radius 3 is 2.50 bits per heavy atom. The second-order valence-electron chi connectivity index (χ2n) is 7.56. The lowest BCUT2D eigenvalue weighted by Gasteiger charge is -2.33. The summed E-state index contributed by atoms with van der Waals surface area (Å²) in [4.78, 5) is 15.0. The lowest BCUT2D eigenvalue weighted by atomic mass is 9.90. The number of alkyl carbamates (subject to hydrolysis) is 1. The fourth-order valence-corrected chi connectivity index (χ4v) is 2.48. The number of hydrogen-bond acceptors (Lipinski definition) is 3. The van der Waals surface area contributed by atoms with E-state index in [0.29, 0.717) is 12.5 Å². The van der Waals surface area contributed by atoms with Gasteiger partial charge in [0.25, 0.3) is 0 Å². The van der Waals surface area contributed by atoms with Gasteiger partial charge in [-0.25, -0.2) is 4.79 Å². The van der Waals surface area contributed by atoms with Crippen LogP contribution in [-0.4, -0.2) is 28.8 Å². The lowest BCUT2D eigenvalue weighted by molar-refractivity contribution is 0.0507. The first-order chi connectivity index (χ1) is 10.1. The van der Waals surface area contributed by atoms with Gasteiger partial charge >= 0.3 is 6.09 Å². The highest BCUT2D eigenvalue weighted by Crippen LogP contribution is 2.17. The van der Waals surface area contributed by atoms with Crippen LogP contribution in [0.4, 0.5) is 4.79 Å². The first kappa shape index (κ1) is 18.6. The van der Waals surface area contributed by atoms with E-state index in [0.717, 1.165) is 18.7 Å². The molecule has 0 aliphatic heterocycles. The van der Waals surface area contributed by atoms with E-state index in [9.17, 15) is 4.79 Å². The summed E-state index contributed by atoms with van der Waals surface area (Å²) in [5.74, 6) is 0.529. The summed E-state index contributed by atoms with van der Waals surface area (Å²) < 4.78 is 5.30. The largest absolute Gasteiger partial charge is 0.444 e. The standard InChI is InChI=1S/C17H31N3O2/c1-13(2)10-17(6,20-11-14-8-7-9-18-14)12-19-15(21)22-16(3,4)5/h7-9,13,18,20H,10-12H2,1-6H3,(H,19,21). The van der Waals surface area contributed by atoms with Crippen LogP contribution in [0.15, 0.2) is 18.3 Å². The first-order valence-corrected chi connectivity index (χ1v) is 7.94. The molecule has 22 heavy (non-hydrogen) atoms. The van der Waals surface area contributed by atoms with E-state index in [-0.39, 0.29) is 11.6 Å². The highest BCUT2D eigenvalue weighted by atomic mass is 16.6. The zero-order valence-electron chi connectivity index (χ0n) is 14.7. The van der Waals surface area contributed by atoms with Crippen LogP contribution in [-0.2, 0) is 11.3 Å². The molecule has 0 radical (unpaired) electrons. The summed E-state index contributed by atoms with van der Waals surface area (Å²) in [6.45, 7) is 13.4. The first-order valence-electron chi connectivity index (χ1n) is 7.94. The van der Waals surface area contributed by atoms with Gasteiger partial charge in [-0.3, -0.25) is 0 Å². The van der Waals surface area contributed by atoms with Crippen LogP contribution in [0.1, 0.15) is 53.7 Å². The molecule has 1 atom stereocenters. The van der Waals surface area contributed by atoms with Gasteiger partial charge < -0.3 is 20.4 Å². The van der Waals surface area contributed by atoms with Crippen LogP contribution >= 0.6 is 0 Å². The van der Waals surface area contributed by atoms with Crippen LogP contribution in [0.5, 0.6) is 0 Å². The summed E-state index contributed by atoms with van der Waals surface area (Å²) in [5.41, 5.74) is 0.471. The third-order valence-corrected chi connectivity index (χ3v) is 3.25. The van der Waals surface area contributed by atoms with Crippen molar-refractivity contribution in [3.8, 4) is 0 Å². The number of carbonyl (C=O) groups is 1.